The quantitative estimate of drug-likeness (QED) is 0.435. The summed E-state index contributed by atoms with van der Waals surface area (Å²) in [5.74, 6) is 0. The topological polar surface area (TPSA) is 0 Å². The molecule has 0 N–H and O–H groups in total. The first-order chi connectivity index (χ1) is 8.00. The van der Waals surface area contributed by atoms with Gasteiger partial charge in [0.25, 0.3) is 0 Å². The molecule has 0 unspecified atom stereocenters. The standard InChI is InChI=1S/2C5H5.2C2H5.2ClH.H2Si.Zr/c2*1-2-4-5-3-1;2*1-2;;;;/h2*1-3H,4H2;2*1H2,2H3;2*1H;1H2;/q4*-1;;;;. The Morgan fingerprint density at radius 3 is 1.17 bits per heavy atom. The van der Waals surface area contributed by atoms with Crippen LogP contribution < -0.4 is 0 Å². The molecule has 0 heterocycles. The summed E-state index contributed by atoms with van der Waals surface area (Å²) in [5.41, 5.74) is 0. The van der Waals surface area contributed by atoms with Crippen LogP contribution in [0.1, 0.15) is 26.7 Å². The third-order valence-corrected chi connectivity index (χ3v) is 1.17. The number of allylic oxidation sites excluding steroid dienone is 8. The van der Waals surface area contributed by atoms with Gasteiger partial charge in [-0.2, -0.15) is 26.0 Å². The van der Waals surface area contributed by atoms with Crippen molar-refractivity contribution in [2.75, 3.05) is 0 Å². The van der Waals surface area contributed by atoms with E-state index in [0.29, 0.717) is 0 Å². The average Bonchev–Trinajstić information content (AvgIpc) is 3.14. The average molecular weight is 383 g/mol. The van der Waals surface area contributed by atoms with Gasteiger partial charge in [0, 0.05) is 0 Å². The molecule has 0 spiro atoms. The number of hydrogen-bond acceptors (Lipinski definition) is 0. The summed E-state index contributed by atoms with van der Waals surface area (Å²) in [4.78, 5) is 0. The molecule has 4 heteroatoms. The molecule has 0 aliphatic heterocycles. The van der Waals surface area contributed by atoms with E-state index in [4.69, 9.17) is 0 Å². The first-order valence-electron chi connectivity index (χ1n) is 5.20. The van der Waals surface area contributed by atoms with E-state index in [-0.39, 0.29) is 24.8 Å². The molecule has 0 nitrogen and oxygen atoms in total. The van der Waals surface area contributed by atoms with Crippen molar-refractivity contribution in [2.24, 2.45) is 0 Å². The van der Waals surface area contributed by atoms with Crippen molar-refractivity contribution in [1.82, 2.24) is 0 Å². The second kappa shape index (κ2) is 43.1. The molecule has 0 aromatic heterocycles. The minimum atomic E-state index is 0. The zero-order chi connectivity index (χ0) is 13.1. The van der Waals surface area contributed by atoms with Gasteiger partial charge in [0.05, 0.1) is 0 Å². The third-order valence-electron chi connectivity index (χ3n) is 1.17. The van der Waals surface area contributed by atoms with Gasteiger partial charge in [0.15, 0.2) is 0 Å². The molecule has 0 saturated heterocycles. The van der Waals surface area contributed by atoms with Crippen LogP contribution in [0.4, 0.5) is 0 Å². The van der Waals surface area contributed by atoms with Crippen LogP contribution in [-0.2, 0) is 23.3 Å². The zero-order valence-corrected chi connectivity index (χ0v) is 16.8. The summed E-state index contributed by atoms with van der Waals surface area (Å²) >= 11 is 1.58. The Bertz CT molecular complexity index is 170. The molecule has 106 valence electrons. The van der Waals surface area contributed by atoms with Crippen LogP contribution in [0, 0.1) is 26.0 Å². The van der Waals surface area contributed by atoms with Gasteiger partial charge in [-0.05, 0) is 0 Å². The van der Waals surface area contributed by atoms with E-state index in [2.05, 4.69) is 38.2 Å². The summed E-state index contributed by atoms with van der Waals surface area (Å²) < 4.78 is 0. The van der Waals surface area contributed by atoms with Gasteiger partial charge in [-0.15, -0.1) is 37.7 Å². The fourth-order valence-electron chi connectivity index (χ4n) is 0.680. The monoisotopic (exact) mass is 380 g/mol. The van der Waals surface area contributed by atoms with Gasteiger partial charge >= 0.3 is 30.2 Å². The first kappa shape index (κ1) is 31.2. The van der Waals surface area contributed by atoms with Crippen LogP contribution in [0.3, 0.4) is 0 Å². The molecule has 0 bridgehead atoms. The Labute approximate surface area is 143 Å². The molecule has 0 radical (unpaired) electrons. The van der Waals surface area contributed by atoms with Crippen LogP contribution in [0.15, 0.2) is 36.5 Å². The third kappa shape index (κ3) is 36.0. The summed E-state index contributed by atoms with van der Waals surface area (Å²) in [6.45, 7) is 12.0. The van der Waals surface area contributed by atoms with E-state index in [1.165, 1.54) is 0 Å². The van der Waals surface area contributed by atoms with Crippen LogP contribution in [0.5, 0.6) is 0 Å². The van der Waals surface area contributed by atoms with Gasteiger partial charge < -0.3 is 13.8 Å². The summed E-state index contributed by atoms with van der Waals surface area (Å²) in [6.07, 6.45) is 20.0. The second-order valence-electron chi connectivity index (χ2n) is 2.01. The van der Waals surface area contributed by atoms with Gasteiger partial charge in [-0.25, -0.2) is 24.3 Å². The molecule has 0 amide bonds. The summed E-state index contributed by atoms with van der Waals surface area (Å²) in [6, 6.07) is 0. The van der Waals surface area contributed by atoms with Gasteiger partial charge in [0.2, 0.25) is 0 Å². The van der Waals surface area contributed by atoms with Crippen molar-refractivity contribution in [3.63, 3.8) is 0 Å². The molecule has 0 aromatic rings. The van der Waals surface area contributed by atoms with Crippen molar-refractivity contribution < 1.29 is 23.3 Å². The Morgan fingerprint density at radius 2 is 1.11 bits per heavy atom. The Balaban J connectivity index is -0.0000000415. The zero-order valence-electron chi connectivity index (χ0n) is 11.3. The van der Waals surface area contributed by atoms with Crippen LogP contribution in [0.25, 0.3) is 0 Å². The fraction of sp³-hybridized carbons (Fsp3) is 0.286. The maximum atomic E-state index is 3.25. The van der Waals surface area contributed by atoms with Gasteiger partial charge in [-0.1, -0.05) is 0 Å². The SMILES string of the molecule is Cl.Cl.[C-]1=CC=CC1.[C-]1=CC=CC1.[CH2-]C.[CH2-]C.[SiH2]=[Zr]. The van der Waals surface area contributed by atoms with Crippen LogP contribution in [0.2, 0.25) is 0 Å². The van der Waals surface area contributed by atoms with E-state index < -0.39 is 0 Å². The van der Waals surface area contributed by atoms with Gasteiger partial charge in [0.1, 0.15) is 0 Å². The molecular weight excluding hydrogens is 358 g/mol. The molecule has 0 fully saturated rings. The van der Waals surface area contributed by atoms with E-state index >= 15 is 0 Å². The van der Waals surface area contributed by atoms with Crippen molar-refractivity contribution in [3.05, 3.63) is 62.5 Å². The fourth-order valence-corrected chi connectivity index (χ4v) is 0.680. The molecule has 0 atom stereocenters. The minimum absolute atomic E-state index is 0. The Kier molecular flexibility index (Phi) is 74.7. The van der Waals surface area contributed by atoms with Crippen molar-refractivity contribution >= 4 is 31.7 Å². The molecule has 2 aliphatic rings. The van der Waals surface area contributed by atoms with Crippen LogP contribution >= 0.6 is 24.8 Å². The summed E-state index contributed by atoms with van der Waals surface area (Å²) in [7, 11) is 0. The van der Waals surface area contributed by atoms with Gasteiger partial charge in [-0.3, -0.25) is 12.2 Å². The number of rotatable bonds is 0. The molecule has 0 aromatic carbocycles. The van der Waals surface area contributed by atoms with E-state index in [0.717, 1.165) is 12.8 Å². The maximum absolute atomic E-state index is 3.25. The number of halogens is 2. The molecule has 2 aliphatic carbocycles. The van der Waals surface area contributed by atoms with E-state index in [9.17, 15) is 0 Å². The second-order valence-corrected chi connectivity index (χ2v) is 2.01. The van der Waals surface area contributed by atoms with E-state index in [1.54, 1.807) is 37.2 Å². The Morgan fingerprint density at radius 1 is 0.833 bits per heavy atom. The molecular formula is C14H24Cl2SiZr-4. The summed E-state index contributed by atoms with van der Waals surface area (Å²) in [5, 5.41) is 0. The van der Waals surface area contributed by atoms with Crippen molar-refractivity contribution in [3.8, 4) is 0 Å². The predicted octanol–water partition coefficient (Wildman–Crippen LogP) is 4.22. The first-order valence-corrected chi connectivity index (χ1v) is 11.1. The molecule has 18 heavy (non-hydrogen) atoms. The normalized spacial score (nSPS) is 10.6. The number of hydrogen-bond donors (Lipinski definition) is 0. The molecule has 2 rings (SSSR count). The predicted molar refractivity (Wildman–Crippen MR) is 88.2 cm³/mol. The van der Waals surface area contributed by atoms with Crippen molar-refractivity contribution in [1.29, 1.82) is 0 Å². The Hall–Kier alpha value is 0.640. The van der Waals surface area contributed by atoms with Crippen LogP contribution in [-0.4, -0.2) is 6.88 Å². The van der Waals surface area contributed by atoms with Crippen molar-refractivity contribution in [2.45, 2.75) is 26.7 Å². The van der Waals surface area contributed by atoms with E-state index in [1.807, 2.05) is 31.2 Å². The molecule has 0 saturated carbocycles.